The summed E-state index contributed by atoms with van der Waals surface area (Å²) in [6.45, 7) is 8.72. The second-order valence-electron chi connectivity index (χ2n) is 14.0. The first-order chi connectivity index (χ1) is 23.5. The van der Waals surface area contributed by atoms with Crippen LogP contribution in [0, 0.1) is 12.3 Å². The van der Waals surface area contributed by atoms with Gasteiger partial charge in [0, 0.05) is 17.8 Å². The number of nitrogens with zero attached hydrogens (tertiary/aromatic N) is 2. The number of hydrogen-bond donors (Lipinski definition) is 5. The molecule has 4 aromatic carbocycles. The lowest BCUT2D eigenvalue weighted by atomic mass is 9.68. The lowest BCUT2D eigenvalue weighted by Gasteiger charge is -2.49. The average Bonchev–Trinajstić information content (AvgIpc) is 3.04. The summed E-state index contributed by atoms with van der Waals surface area (Å²) in [6, 6.07) is 29.3. The Labute approximate surface area is 295 Å². The Bertz CT molecular complexity index is 2140. The van der Waals surface area contributed by atoms with E-state index < -0.39 is 32.1 Å². The quantitative estimate of drug-likeness (QED) is 0.116. The van der Waals surface area contributed by atoms with Gasteiger partial charge in [-0.3, -0.25) is 18.6 Å². The number of sulfonamides is 1. The largest absolute Gasteiger partial charge is 0.506 e. The van der Waals surface area contributed by atoms with E-state index in [1.807, 2.05) is 73.7 Å². The number of ketones is 1. The first-order valence-corrected chi connectivity index (χ1v) is 19.6. The number of anilines is 3. The van der Waals surface area contributed by atoms with Gasteiger partial charge in [-0.1, -0.05) is 104 Å². The fourth-order valence-corrected chi connectivity index (χ4v) is 8.42. The number of hydrogen-bond acceptors (Lipinski definition) is 9. The van der Waals surface area contributed by atoms with Gasteiger partial charge in [0.2, 0.25) is 15.8 Å². The Kier molecular flexibility index (Phi) is 9.10. The van der Waals surface area contributed by atoms with Gasteiger partial charge in [0.15, 0.2) is 5.84 Å². The number of nitrogens with one attached hydrogen (secondary N) is 2. The molecule has 1 aliphatic carbocycles. The number of aliphatic hydroxyl groups is 1. The van der Waals surface area contributed by atoms with E-state index in [0.717, 1.165) is 23.1 Å². The van der Waals surface area contributed by atoms with Crippen molar-refractivity contribution in [1.82, 2.24) is 0 Å². The minimum absolute atomic E-state index is 0.0525. The predicted molar refractivity (Wildman–Crippen MR) is 202 cm³/mol. The number of fused-ring (bicyclic) bond motifs is 2. The highest BCUT2D eigenvalue weighted by Crippen LogP contribution is 2.57. The number of carbonyl (C=O) groups excluding carboxylic acids is 1. The van der Waals surface area contributed by atoms with Crippen LogP contribution in [-0.4, -0.2) is 40.5 Å². The van der Waals surface area contributed by atoms with Gasteiger partial charge in [0.05, 0.1) is 17.6 Å². The van der Waals surface area contributed by atoms with Crippen molar-refractivity contribution >= 4 is 55.2 Å². The molecule has 1 atom stereocenters. The number of carbonyl (C=O) groups is 1. The molecule has 2 aliphatic rings. The molecule has 0 saturated heterocycles. The molecule has 0 bridgehead atoms. The Balaban J connectivity index is 1.59. The number of para-hydroxylation sites is 1. The smallest absolute Gasteiger partial charge is 0.229 e. The van der Waals surface area contributed by atoms with Crippen LogP contribution in [0.4, 0.5) is 17.1 Å². The van der Waals surface area contributed by atoms with Crippen LogP contribution in [0.3, 0.4) is 0 Å². The molecule has 0 fully saturated rings. The highest BCUT2D eigenvalue weighted by molar-refractivity contribution is 8.23. The van der Waals surface area contributed by atoms with E-state index >= 15 is 4.79 Å². The van der Waals surface area contributed by atoms with E-state index in [1.165, 1.54) is 18.2 Å². The monoisotopic (exact) mass is 714 g/mol. The normalized spacial score (nSPS) is 19.1. The van der Waals surface area contributed by atoms with Crippen LogP contribution in [0.25, 0.3) is 5.76 Å². The number of benzene rings is 4. The van der Waals surface area contributed by atoms with E-state index in [0.29, 0.717) is 30.5 Å². The Hall–Kier alpha value is -4.62. The second-order valence-corrected chi connectivity index (χ2v) is 17.5. The average molecular weight is 715 g/mol. The van der Waals surface area contributed by atoms with Crippen molar-refractivity contribution in [3.8, 4) is 0 Å². The maximum Gasteiger partial charge on any atom is 0.229 e. The Morgan fingerprint density at radius 2 is 1.60 bits per heavy atom. The van der Waals surface area contributed by atoms with Gasteiger partial charge in [-0.2, -0.15) is 0 Å². The van der Waals surface area contributed by atoms with Crippen molar-refractivity contribution in [2.45, 2.75) is 57.5 Å². The lowest BCUT2D eigenvalue weighted by Crippen LogP contribution is -2.56. The molecule has 0 amide bonds. The summed E-state index contributed by atoms with van der Waals surface area (Å²) in [6.07, 6.45) is 1.99. The summed E-state index contributed by atoms with van der Waals surface area (Å²) in [7, 11) is -7.61. The molecular weight excluding hydrogens is 673 g/mol. The standard InChI is InChI=1S/C38H42N4O6S2/c1-25-13-9-12-18-31(25)42(24-26-14-7-6-8-15-26)38(22-21-37(2,3)4)29-17-11-10-16-28(29)34(43)33(35(38)44)36-39-30-20-19-27(40-49(5,45)46)23-32(30)50(47,48)41-36/h6-20,23,40,43,47-48H,21-22,24H2,1-5H3,(H,39,41). The van der Waals surface area contributed by atoms with Gasteiger partial charge in [-0.05, 0) is 66.1 Å². The van der Waals surface area contributed by atoms with Gasteiger partial charge in [0.1, 0.15) is 21.8 Å². The molecule has 5 N–H and O–H groups in total. The third kappa shape index (κ3) is 6.76. The number of rotatable bonds is 9. The molecule has 262 valence electrons. The van der Waals surface area contributed by atoms with Crippen LogP contribution < -0.4 is 14.9 Å². The molecule has 12 heteroatoms. The topological polar surface area (TPSA) is 152 Å². The second kappa shape index (κ2) is 12.9. The van der Waals surface area contributed by atoms with Crippen LogP contribution in [0.15, 0.2) is 112 Å². The summed E-state index contributed by atoms with van der Waals surface area (Å²) in [4.78, 5) is 17.7. The summed E-state index contributed by atoms with van der Waals surface area (Å²) >= 11 is 0. The molecule has 1 aliphatic heterocycles. The van der Waals surface area contributed by atoms with Crippen molar-refractivity contribution in [2.75, 3.05) is 21.2 Å². The van der Waals surface area contributed by atoms with E-state index in [4.69, 9.17) is 0 Å². The number of aliphatic hydroxyl groups excluding tert-OH is 1. The Morgan fingerprint density at radius 1 is 0.940 bits per heavy atom. The SMILES string of the molecule is Cc1ccccc1N(Cc1ccccc1)C1(CCC(C)(C)C)C(=O)C(C2=NS(O)(O)c3cc(NS(C)(=O)=O)ccc3N2)=C(O)c2ccccc21. The number of aryl methyl sites for hydroxylation is 1. The summed E-state index contributed by atoms with van der Waals surface area (Å²) in [5.74, 6) is -0.970. The van der Waals surface area contributed by atoms with E-state index in [1.54, 1.807) is 12.1 Å². The van der Waals surface area contributed by atoms with Gasteiger partial charge in [-0.25, -0.2) is 8.42 Å². The number of Topliss-reactive ketones (excluding diaryl/α,β-unsaturated/α-hetero) is 1. The molecule has 1 unspecified atom stereocenters. The van der Waals surface area contributed by atoms with Crippen molar-refractivity contribution < 1.29 is 27.4 Å². The first-order valence-electron chi connectivity index (χ1n) is 16.2. The van der Waals surface area contributed by atoms with E-state index in [9.17, 15) is 22.6 Å². The molecular formula is C38H42N4O6S2. The Morgan fingerprint density at radius 3 is 2.28 bits per heavy atom. The summed E-state index contributed by atoms with van der Waals surface area (Å²) in [5.41, 5.74) is 2.45. The zero-order valence-electron chi connectivity index (χ0n) is 28.6. The van der Waals surface area contributed by atoms with Crippen LogP contribution in [-0.2, 0) is 26.9 Å². The van der Waals surface area contributed by atoms with Crippen LogP contribution >= 0.6 is 10.8 Å². The zero-order valence-corrected chi connectivity index (χ0v) is 30.3. The first kappa shape index (κ1) is 35.2. The van der Waals surface area contributed by atoms with E-state index in [2.05, 4.69) is 40.1 Å². The van der Waals surface area contributed by atoms with Crippen LogP contribution in [0.2, 0.25) is 0 Å². The minimum Gasteiger partial charge on any atom is -0.506 e. The van der Waals surface area contributed by atoms with Crippen molar-refractivity contribution in [3.63, 3.8) is 0 Å². The third-order valence-corrected chi connectivity index (χ3v) is 11.0. The van der Waals surface area contributed by atoms with Gasteiger partial charge >= 0.3 is 0 Å². The van der Waals surface area contributed by atoms with Gasteiger partial charge in [-0.15, -0.1) is 4.40 Å². The maximum absolute atomic E-state index is 15.7. The van der Waals surface area contributed by atoms with Crippen LogP contribution in [0.1, 0.15) is 55.9 Å². The number of amidine groups is 1. The molecule has 4 aromatic rings. The molecule has 0 saturated carbocycles. The minimum atomic E-state index is -3.96. The highest BCUT2D eigenvalue weighted by Gasteiger charge is 2.54. The van der Waals surface area contributed by atoms with Gasteiger partial charge < -0.3 is 15.3 Å². The van der Waals surface area contributed by atoms with Crippen molar-refractivity contribution in [2.24, 2.45) is 9.81 Å². The molecule has 0 radical (unpaired) electrons. The molecule has 6 rings (SSSR count). The third-order valence-electron chi connectivity index (χ3n) is 9.04. The lowest BCUT2D eigenvalue weighted by molar-refractivity contribution is -0.121. The summed E-state index contributed by atoms with van der Waals surface area (Å²) in [5, 5.41) is 15.0. The van der Waals surface area contributed by atoms with Crippen LogP contribution in [0.5, 0.6) is 0 Å². The van der Waals surface area contributed by atoms with Crippen molar-refractivity contribution in [1.29, 1.82) is 0 Å². The molecule has 0 spiro atoms. The fourth-order valence-electron chi connectivity index (χ4n) is 6.67. The molecule has 0 aromatic heterocycles. The summed E-state index contributed by atoms with van der Waals surface area (Å²) < 4.78 is 53.1. The zero-order chi connectivity index (χ0) is 36.1. The molecule has 1 heterocycles. The van der Waals surface area contributed by atoms with E-state index in [-0.39, 0.29) is 38.9 Å². The van der Waals surface area contributed by atoms with Gasteiger partial charge in [0.25, 0.3) is 0 Å². The predicted octanol–water partition coefficient (Wildman–Crippen LogP) is 8.50. The fraction of sp³-hybridized carbons (Fsp3) is 0.263. The van der Waals surface area contributed by atoms with Crippen molar-refractivity contribution in [3.05, 3.63) is 125 Å². The molecule has 10 nitrogen and oxygen atoms in total. The maximum atomic E-state index is 15.7. The highest BCUT2D eigenvalue weighted by atomic mass is 32.3. The molecule has 50 heavy (non-hydrogen) atoms.